The van der Waals surface area contributed by atoms with Gasteiger partial charge in [0.15, 0.2) is 0 Å². The first-order valence-electron chi connectivity index (χ1n) is 5.97. The Balaban J connectivity index is 2.15. The van der Waals surface area contributed by atoms with E-state index in [9.17, 15) is 4.79 Å². The molecule has 21 heavy (non-hydrogen) atoms. The SMILES string of the molecule is COc1cc(C(=O)NCc2cc(Br)cs2)cc(OC)c1Br. The number of carbonyl (C=O) groups is 1. The van der Waals surface area contributed by atoms with Crippen LogP contribution in [0.2, 0.25) is 0 Å². The van der Waals surface area contributed by atoms with Crippen LogP contribution in [0, 0.1) is 0 Å². The minimum Gasteiger partial charge on any atom is -0.495 e. The van der Waals surface area contributed by atoms with Crippen LogP contribution in [-0.2, 0) is 6.54 Å². The lowest BCUT2D eigenvalue weighted by atomic mass is 10.2. The number of halogens is 2. The average Bonchev–Trinajstić information content (AvgIpc) is 2.90. The van der Waals surface area contributed by atoms with E-state index < -0.39 is 0 Å². The molecule has 0 aliphatic rings. The Hall–Kier alpha value is -1.05. The quantitative estimate of drug-likeness (QED) is 0.766. The molecule has 1 aromatic carbocycles. The van der Waals surface area contributed by atoms with Crippen LogP contribution in [0.15, 0.2) is 32.5 Å². The number of hydrogen-bond acceptors (Lipinski definition) is 4. The Morgan fingerprint density at radius 3 is 2.29 bits per heavy atom. The molecule has 0 aliphatic carbocycles. The molecule has 0 fully saturated rings. The van der Waals surface area contributed by atoms with Crippen molar-refractivity contribution in [2.45, 2.75) is 6.54 Å². The third-order valence-corrected chi connectivity index (χ3v) is 5.23. The Labute approximate surface area is 143 Å². The number of thiophene rings is 1. The van der Waals surface area contributed by atoms with Crippen molar-refractivity contribution in [1.29, 1.82) is 0 Å². The lowest BCUT2D eigenvalue weighted by Gasteiger charge is -2.11. The van der Waals surface area contributed by atoms with Crippen LogP contribution in [0.1, 0.15) is 15.2 Å². The van der Waals surface area contributed by atoms with Crippen LogP contribution < -0.4 is 14.8 Å². The molecular weight excluding hydrogens is 422 g/mol. The molecule has 1 aromatic heterocycles. The molecule has 112 valence electrons. The van der Waals surface area contributed by atoms with Crippen molar-refractivity contribution >= 4 is 49.1 Å². The van der Waals surface area contributed by atoms with Crippen LogP contribution in [0.25, 0.3) is 0 Å². The first kappa shape index (κ1) is 16.3. The summed E-state index contributed by atoms with van der Waals surface area (Å²) in [5.74, 6) is 0.931. The number of hydrogen-bond donors (Lipinski definition) is 1. The highest BCUT2D eigenvalue weighted by Crippen LogP contribution is 2.35. The zero-order valence-electron chi connectivity index (χ0n) is 11.4. The molecular formula is C14H13Br2NO3S. The monoisotopic (exact) mass is 433 g/mol. The number of benzene rings is 1. The highest BCUT2D eigenvalue weighted by atomic mass is 79.9. The fourth-order valence-corrected chi connectivity index (χ4v) is 3.66. The van der Waals surface area contributed by atoms with Crippen molar-refractivity contribution < 1.29 is 14.3 Å². The lowest BCUT2D eigenvalue weighted by Crippen LogP contribution is -2.22. The maximum absolute atomic E-state index is 12.2. The summed E-state index contributed by atoms with van der Waals surface area (Å²) in [5, 5.41) is 4.85. The summed E-state index contributed by atoms with van der Waals surface area (Å²) in [5.41, 5.74) is 0.488. The van der Waals surface area contributed by atoms with Gasteiger partial charge in [0.25, 0.3) is 5.91 Å². The van der Waals surface area contributed by atoms with E-state index in [1.54, 1.807) is 37.7 Å². The van der Waals surface area contributed by atoms with Crippen LogP contribution in [-0.4, -0.2) is 20.1 Å². The Bertz CT molecular complexity index is 632. The fourth-order valence-electron chi connectivity index (χ4n) is 1.72. The predicted octanol–water partition coefficient (Wildman–Crippen LogP) is 4.22. The third-order valence-electron chi connectivity index (χ3n) is 2.75. The van der Waals surface area contributed by atoms with Crippen molar-refractivity contribution in [3.63, 3.8) is 0 Å². The van der Waals surface area contributed by atoms with Crippen LogP contribution in [0.3, 0.4) is 0 Å². The van der Waals surface area contributed by atoms with Gasteiger partial charge in [-0.3, -0.25) is 4.79 Å². The lowest BCUT2D eigenvalue weighted by molar-refractivity contribution is 0.0950. The molecule has 7 heteroatoms. The van der Waals surface area contributed by atoms with E-state index in [2.05, 4.69) is 37.2 Å². The van der Waals surface area contributed by atoms with E-state index >= 15 is 0 Å². The number of carbonyl (C=O) groups excluding carboxylic acids is 1. The second kappa shape index (κ2) is 7.29. The van der Waals surface area contributed by atoms with E-state index in [1.165, 1.54) is 0 Å². The molecule has 0 atom stereocenters. The summed E-state index contributed by atoms with van der Waals surface area (Å²) in [6.45, 7) is 0.482. The van der Waals surface area contributed by atoms with E-state index in [4.69, 9.17) is 9.47 Å². The minimum atomic E-state index is -0.177. The number of ether oxygens (including phenoxy) is 2. The zero-order chi connectivity index (χ0) is 15.4. The van der Waals surface area contributed by atoms with Crippen molar-refractivity contribution in [1.82, 2.24) is 5.32 Å². The molecule has 1 heterocycles. The van der Waals surface area contributed by atoms with Gasteiger partial charge in [-0.25, -0.2) is 0 Å². The van der Waals surface area contributed by atoms with Gasteiger partial charge < -0.3 is 14.8 Å². The predicted molar refractivity (Wildman–Crippen MR) is 90.4 cm³/mol. The van der Waals surface area contributed by atoms with E-state index in [0.29, 0.717) is 28.1 Å². The van der Waals surface area contributed by atoms with Gasteiger partial charge in [-0.1, -0.05) is 0 Å². The Morgan fingerprint density at radius 2 is 1.81 bits per heavy atom. The molecule has 4 nitrogen and oxygen atoms in total. The minimum absolute atomic E-state index is 0.177. The van der Waals surface area contributed by atoms with Crippen LogP contribution in [0.4, 0.5) is 0 Å². The molecule has 2 aromatic rings. The molecule has 1 N–H and O–H groups in total. The maximum Gasteiger partial charge on any atom is 0.251 e. The van der Waals surface area contributed by atoms with Gasteiger partial charge in [-0.05, 0) is 50.1 Å². The third kappa shape index (κ3) is 3.99. The molecule has 0 bridgehead atoms. The van der Waals surface area contributed by atoms with Crippen LogP contribution in [0.5, 0.6) is 11.5 Å². The van der Waals surface area contributed by atoms with Crippen molar-refractivity contribution in [2.24, 2.45) is 0 Å². The number of methoxy groups -OCH3 is 2. The number of rotatable bonds is 5. The van der Waals surface area contributed by atoms with Crippen molar-refractivity contribution in [3.05, 3.63) is 43.0 Å². The molecule has 0 saturated carbocycles. The van der Waals surface area contributed by atoms with E-state index in [0.717, 1.165) is 9.35 Å². The van der Waals surface area contributed by atoms with Gasteiger partial charge in [0.2, 0.25) is 0 Å². The molecule has 0 radical (unpaired) electrons. The Kier molecular flexibility index (Phi) is 5.66. The maximum atomic E-state index is 12.2. The molecule has 1 amide bonds. The normalized spacial score (nSPS) is 10.3. The number of nitrogens with one attached hydrogen (secondary N) is 1. The van der Waals surface area contributed by atoms with Gasteiger partial charge in [0, 0.05) is 20.3 Å². The van der Waals surface area contributed by atoms with Crippen LogP contribution >= 0.6 is 43.2 Å². The van der Waals surface area contributed by atoms with Crippen molar-refractivity contribution in [3.8, 4) is 11.5 Å². The highest BCUT2D eigenvalue weighted by molar-refractivity contribution is 9.11. The summed E-state index contributed by atoms with van der Waals surface area (Å²) in [7, 11) is 3.09. The van der Waals surface area contributed by atoms with Gasteiger partial charge in [-0.2, -0.15) is 0 Å². The standard InChI is InChI=1S/C14H13Br2NO3S/c1-19-11-3-8(4-12(20-2)13(11)16)14(18)17-6-10-5-9(15)7-21-10/h3-5,7H,6H2,1-2H3,(H,17,18). The van der Waals surface area contributed by atoms with E-state index in [-0.39, 0.29) is 5.91 Å². The largest absolute Gasteiger partial charge is 0.495 e. The summed E-state index contributed by atoms with van der Waals surface area (Å²) in [6.07, 6.45) is 0. The van der Waals surface area contributed by atoms with E-state index in [1.807, 2.05) is 11.4 Å². The molecule has 2 rings (SSSR count). The van der Waals surface area contributed by atoms with Crippen molar-refractivity contribution in [2.75, 3.05) is 14.2 Å². The van der Waals surface area contributed by atoms with Gasteiger partial charge in [-0.15, -0.1) is 11.3 Å². The second-order valence-electron chi connectivity index (χ2n) is 4.11. The highest BCUT2D eigenvalue weighted by Gasteiger charge is 2.14. The fraction of sp³-hybridized carbons (Fsp3) is 0.214. The topological polar surface area (TPSA) is 47.6 Å². The summed E-state index contributed by atoms with van der Waals surface area (Å²) >= 11 is 8.35. The number of amides is 1. The summed E-state index contributed by atoms with van der Waals surface area (Å²) in [6, 6.07) is 5.33. The summed E-state index contributed by atoms with van der Waals surface area (Å²) < 4.78 is 12.2. The molecule has 0 aliphatic heterocycles. The first-order chi connectivity index (χ1) is 10.0. The van der Waals surface area contributed by atoms with Gasteiger partial charge >= 0.3 is 0 Å². The molecule has 0 spiro atoms. The van der Waals surface area contributed by atoms with Gasteiger partial charge in [0.1, 0.15) is 16.0 Å². The zero-order valence-corrected chi connectivity index (χ0v) is 15.4. The average molecular weight is 435 g/mol. The van der Waals surface area contributed by atoms with Gasteiger partial charge in [0.05, 0.1) is 20.8 Å². The first-order valence-corrected chi connectivity index (χ1v) is 8.44. The Morgan fingerprint density at radius 1 is 1.19 bits per heavy atom. The smallest absolute Gasteiger partial charge is 0.251 e. The molecule has 0 unspecified atom stereocenters. The molecule has 0 saturated heterocycles. The second-order valence-corrected chi connectivity index (χ2v) is 6.81. The summed E-state index contributed by atoms with van der Waals surface area (Å²) in [4.78, 5) is 13.3.